The van der Waals surface area contributed by atoms with Crippen molar-refractivity contribution in [3.8, 4) is 0 Å². The highest BCUT2D eigenvalue weighted by Gasteiger charge is 2.50. The summed E-state index contributed by atoms with van der Waals surface area (Å²) in [5, 5.41) is 30.9. The lowest BCUT2D eigenvalue weighted by Gasteiger charge is -2.51. The summed E-state index contributed by atoms with van der Waals surface area (Å²) in [6, 6.07) is 0. The predicted molar refractivity (Wildman–Crippen MR) is 71.0 cm³/mol. The maximum atomic E-state index is 10.6. The van der Waals surface area contributed by atoms with E-state index in [1.807, 2.05) is 13.8 Å². The zero-order chi connectivity index (χ0) is 13.7. The van der Waals surface area contributed by atoms with Crippen LogP contribution >= 0.6 is 0 Å². The van der Waals surface area contributed by atoms with Gasteiger partial charge in [-0.3, -0.25) is 0 Å². The van der Waals surface area contributed by atoms with Crippen LogP contribution in [0.2, 0.25) is 0 Å². The molecule has 3 nitrogen and oxygen atoms in total. The van der Waals surface area contributed by atoms with Crippen molar-refractivity contribution in [2.75, 3.05) is 0 Å². The van der Waals surface area contributed by atoms with Gasteiger partial charge in [-0.1, -0.05) is 20.8 Å². The second-order valence-electron chi connectivity index (χ2n) is 6.67. The van der Waals surface area contributed by atoms with Crippen molar-refractivity contribution in [1.29, 1.82) is 0 Å². The largest absolute Gasteiger partial charge is 0.392 e. The van der Waals surface area contributed by atoms with Crippen molar-refractivity contribution in [1.82, 2.24) is 0 Å². The van der Waals surface area contributed by atoms with E-state index in [4.69, 9.17) is 0 Å². The fraction of sp³-hybridized carbons (Fsp3) is 0.867. The normalized spacial score (nSPS) is 45.3. The Morgan fingerprint density at radius 2 is 1.83 bits per heavy atom. The Bertz CT molecular complexity index is 361. The van der Waals surface area contributed by atoms with Gasteiger partial charge in [-0.05, 0) is 42.7 Å². The number of hydrogen-bond acceptors (Lipinski definition) is 3. The van der Waals surface area contributed by atoms with Crippen molar-refractivity contribution in [3.05, 3.63) is 11.1 Å². The van der Waals surface area contributed by atoms with E-state index in [0.717, 1.165) is 24.0 Å². The predicted octanol–water partition coefficient (Wildman–Crippen LogP) is 1.86. The molecule has 2 aliphatic carbocycles. The average Bonchev–Trinajstić information content (AvgIpc) is 2.26. The van der Waals surface area contributed by atoms with Gasteiger partial charge in [-0.25, -0.2) is 0 Å². The molecule has 0 aromatic rings. The fourth-order valence-electron chi connectivity index (χ4n) is 3.87. The second kappa shape index (κ2) is 4.62. The smallest absolute Gasteiger partial charge is 0.0790 e. The lowest BCUT2D eigenvalue weighted by Crippen LogP contribution is -2.51. The lowest BCUT2D eigenvalue weighted by atomic mass is 9.57. The molecule has 2 aliphatic rings. The first-order chi connectivity index (χ1) is 8.29. The summed E-state index contributed by atoms with van der Waals surface area (Å²) in [7, 11) is 0. The highest BCUT2D eigenvalue weighted by Crippen LogP contribution is 2.52. The highest BCUT2D eigenvalue weighted by molar-refractivity contribution is 5.34. The van der Waals surface area contributed by atoms with E-state index in [2.05, 4.69) is 13.8 Å². The first-order valence-electron chi connectivity index (χ1n) is 7.04. The molecule has 0 heterocycles. The van der Waals surface area contributed by atoms with Crippen LogP contribution in [0.3, 0.4) is 0 Å². The molecule has 0 aromatic heterocycles. The van der Waals surface area contributed by atoms with Gasteiger partial charge in [0.05, 0.1) is 18.3 Å². The van der Waals surface area contributed by atoms with Crippen molar-refractivity contribution >= 4 is 0 Å². The summed E-state index contributed by atoms with van der Waals surface area (Å²) >= 11 is 0. The third-order valence-electron chi connectivity index (χ3n) is 5.28. The zero-order valence-electron chi connectivity index (χ0n) is 11.8. The van der Waals surface area contributed by atoms with Crippen LogP contribution < -0.4 is 0 Å². The van der Waals surface area contributed by atoms with Gasteiger partial charge in [0.25, 0.3) is 0 Å². The molecule has 3 unspecified atom stereocenters. The molecule has 1 saturated carbocycles. The molecule has 0 spiro atoms. The molecule has 0 aliphatic heterocycles. The Morgan fingerprint density at radius 3 is 2.39 bits per heavy atom. The molecule has 3 heteroatoms. The number of aliphatic hydroxyl groups is 3. The number of hydrogen-bond donors (Lipinski definition) is 3. The van der Waals surface area contributed by atoms with Crippen LogP contribution in [-0.4, -0.2) is 33.6 Å². The summed E-state index contributed by atoms with van der Waals surface area (Å²) < 4.78 is 0. The molecule has 0 bridgehead atoms. The van der Waals surface area contributed by atoms with E-state index in [1.54, 1.807) is 0 Å². The Hall–Kier alpha value is -0.380. The van der Waals surface area contributed by atoms with Gasteiger partial charge in [0.15, 0.2) is 0 Å². The molecule has 0 amide bonds. The Kier molecular flexibility index (Phi) is 3.60. The number of rotatable bonds is 1. The maximum absolute atomic E-state index is 10.6. The summed E-state index contributed by atoms with van der Waals surface area (Å²) in [4.78, 5) is 0. The summed E-state index contributed by atoms with van der Waals surface area (Å²) in [6.07, 6.45) is 0.559. The summed E-state index contributed by atoms with van der Waals surface area (Å²) in [5.74, 6) is 0.654. The van der Waals surface area contributed by atoms with E-state index >= 15 is 0 Å². The minimum absolute atomic E-state index is 0.237. The highest BCUT2D eigenvalue weighted by atomic mass is 16.3. The molecule has 18 heavy (non-hydrogen) atoms. The maximum Gasteiger partial charge on any atom is 0.0790 e. The molecule has 0 saturated heterocycles. The third kappa shape index (κ3) is 1.93. The second-order valence-corrected chi connectivity index (χ2v) is 6.67. The number of fused-ring (bicyclic) bond motifs is 1. The van der Waals surface area contributed by atoms with Gasteiger partial charge < -0.3 is 15.3 Å². The monoisotopic (exact) mass is 254 g/mol. The molecular weight excluding hydrogens is 228 g/mol. The van der Waals surface area contributed by atoms with Crippen molar-refractivity contribution in [2.45, 2.75) is 65.3 Å². The Labute approximate surface area is 110 Å². The van der Waals surface area contributed by atoms with Gasteiger partial charge in [0.2, 0.25) is 0 Å². The van der Waals surface area contributed by atoms with E-state index in [0.29, 0.717) is 12.3 Å². The minimum Gasteiger partial charge on any atom is -0.392 e. The number of aliphatic hydroxyl groups excluding tert-OH is 3. The lowest BCUT2D eigenvalue weighted by molar-refractivity contribution is -0.0479. The molecular formula is C15H26O3. The van der Waals surface area contributed by atoms with Crippen molar-refractivity contribution in [3.63, 3.8) is 0 Å². The Morgan fingerprint density at radius 1 is 1.22 bits per heavy atom. The van der Waals surface area contributed by atoms with Crippen molar-refractivity contribution in [2.24, 2.45) is 17.3 Å². The van der Waals surface area contributed by atoms with E-state index in [9.17, 15) is 15.3 Å². The van der Waals surface area contributed by atoms with Crippen LogP contribution in [0.5, 0.6) is 0 Å². The van der Waals surface area contributed by atoms with Crippen LogP contribution in [0.1, 0.15) is 47.0 Å². The summed E-state index contributed by atoms with van der Waals surface area (Å²) in [6.45, 7) is 8.18. The SMILES string of the molecule is CC1=C2C(O)[C@H](C(C)C)CC[C@@]2(C)C(O)CC1O. The fourth-order valence-corrected chi connectivity index (χ4v) is 3.87. The standard InChI is InChI=1S/C15H26O3/c1-8(2)10-5-6-15(4)12(17)7-11(16)9(3)13(15)14(10)18/h8,10-12,14,16-18H,5-7H2,1-4H3/t10-,11?,12?,14?,15-/m0/s1. The van der Waals surface area contributed by atoms with Crippen molar-refractivity contribution < 1.29 is 15.3 Å². The molecule has 0 aromatic carbocycles. The van der Waals surface area contributed by atoms with Gasteiger partial charge in [-0.2, -0.15) is 0 Å². The molecule has 104 valence electrons. The van der Waals surface area contributed by atoms with Gasteiger partial charge in [0, 0.05) is 11.8 Å². The first kappa shape index (κ1) is 14.0. The van der Waals surface area contributed by atoms with Crippen LogP contribution in [0, 0.1) is 17.3 Å². The quantitative estimate of drug-likeness (QED) is 0.626. The minimum atomic E-state index is -0.608. The molecule has 5 atom stereocenters. The first-order valence-corrected chi connectivity index (χ1v) is 7.04. The van der Waals surface area contributed by atoms with Crippen LogP contribution in [0.15, 0.2) is 11.1 Å². The average molecular weight is 254 g/mol. The van der Waals surface area contributed by atoms with Crippen LogP contribution in [0.4, 0.5) is 0 Å². The van der Waals surface area contributed by atoms with Gasteiger partial charge in [-0.15, -0.1) is 0 Å². The van der Waals surface area contributed by atoms with Crippen LogP contribution in [-0.2, 0) is 0 Å². The van der Waals surface area contributed by atoms with E-state index in [-0.39, 0.29) is 11.3 Å². The summed E-state index contributed by atoms with van der Waals surface area (Å²) in [5.41, 5.74) is 1.42. The molecule has 1 fully saturated rings. The van der Waals surface area contributed by atoms with Crippen LogP contribution in [0.25, 0.3) is 0 Å². The third-order valence-corrected chi connectivity index (χ3v) is 5.28. The molecule has 0 radical (unpaired) electrons. The molecule has 3 N–H and O–H groups in total. The van der Waals surface area contributed by atoms with Gasteiger partial charge >= 0.3 is 0 Å². The Balaban J connectivity index is 2.44. The zero-order valence-corrected chi connectivity index (χ0v) is 11.8. The topological polar surface area (TPSA) is 60.7 Å². The van der Waals surface area contributed by atoms with Gasteiger partial charge in [0.1, 0.15) is 0 Å². The molecule has 2 rings (SSSR count). The van der Waals surface area contributed by atoms with E-state index in [1.165, 1.54) is 0 Å². The van der Waals surface area contributed by atoms with E-state index < -0.39 is 18.3 Å².